The first-order valence-corrected chi connectivity index (χ1v) is 15.4. The van der Waals surface area contributed by atoms with Crippen molar-refractivity contribution >= 4 is 27.3 Å². The van der Waals surface area contributed by atoms with Crippen LogP contribution in [0.3, 0.4) is 0 Å². The number of nitrogens with zero attached hydrogens (tertiary/aromatic N) is 5. The van der Waals surface area contributed by atoms with Gasteiger partial charge in [-0.1, -0.05) is 18.7 Å². The van der Waals surface area contributed by atoms with Crippen molar-refractivity contribution in [2.45, 2.75) is 32.5 Å². The van der Waals surface area contributed by atoms with Gasteiger partial charge in [-0.3, -0.25) is 9.48 Å². The van der Waals surface area contributed by atoms with Gasteiger partial charge in [0.15, 0.2) is 0 Å². The van der Waals surface area contributed by atoms with E-state index in [2.05, 4.69) is 36.7 Å². The Hall–Kier alpha value is -4.41. The van der Waals surface area contributed by atoms with Gasteiger partial charge in [0.25, 0.3) is 0 Å². The summed E-state index contributed by atoms with van der Waals surface area (Å²) in [6, 6.07) is 12.3. The fourth-order valence-electron chi connectivity index (χ4n) is 6.46. The van der Waals surface area contributed by atoms with E-state index in [9.17, 15) is 9.18 Å². The van der Waals surface area contributed by atoms with Crippen molar-refractivity contribution in [2.24, 2.45) is 0 Å². The van der Waals surface area contributed by atoms with Crippen LogP contribution < -0.4 is 4.74 Å². The van der Waals surface area contributed by atoms with Gasteiger partial charge in [0.2, 0.25) is 5.91 Å². The summed E-state index contributed by atoms with van der Waals surface area (Å²) in [5.41, 5.74) is 6.79. The number of likely N-dealkylation sites (N-methyl/N-ethyl adjacent to an activating group) is 1. The molecule has 5 heterocycles. The predicted molar refractivity (Wildman–Crippen MR) is 169 cm³/mol. The lowest BCUT2D eigenvalue weighted by Gasteiger charge is -2.31. The number of rotatable bonds is 5. The molecule has 0 saturated carbocycles. The number of thiophene rings is 1. The molecule has 5 aromatic rings. The molecule has 10 heteroatoms. The smallest absolute Gasteiger partial charge is 0.246 e. The van der Waals surface area contributed by atoms with E-state index in [4.69, 9.17) is 14.8 Å². The van der Waals surface area contributed by atoms with Crippen molar-refractivity contribution in [3.63, 3.8) is 0 Å². The third-order valence-corrected chi connectivity index (χ3v) is 9.51. The molecular weight excluding hydrogens is 580 g/mol. The molecule has 224 valence electrons. The number of hydrogen-bond donors (Lipinski definition) is 0. The number of pyridine rings is 1. The molecule has 1 amide bonds. The minimum absolute atomic E-state index is 0.0750. The van der Waals surface area contributed by atoms with Crippen molar-refractivity contribution in [3.8, 4) is 39.5 Å². The van der Waals surface area contributed by atoms with E-state index in [-0.39, 0.29) is 23.3 Å². The molecule has 0 fully saturated rings. The zero-order valence-electron chi connectivity index (χ0n) is 24.7. The highest BCUT2D eigenvalue weighted by molar-refractivity contribution is 7.18. The van der Waals surface area contributed by atoms with Gasteiger partial charge in [0.1, 0.15) is 28.8 Å². The summed E-state index contributed by atoms with van der Waals surface area (Å²) in [7, 11) is 3.52. The van der Waals surface area contributed by atoms with E-state index in [1.165, 1.54) is 41.7 Å². The third-order valence-electron chi connectivity index (χ3n) is 8.58. The maximum atomic E-state index is 15.8. The number of amides is 1. The van der Waals surface area contributed by atoms with Crippen LogP contribution in [0, 0.1) is 11.6 Å². The van der Waals surface area contributed by atoms with Crippen molar-refractivity contribution in [2.75, 3.05) is 27.2 Å². The van der Waals surface area contributed by atoms with Gasteiger partial charge in [-0.25, -0.2) is 13.8 Å². The van der Waals surface area contributed by atoms with Crippen molar-refractivity contribution < 1.29 is 18.3 Å². The average Bonchev–Trinajstić information content (AvgIpc) is 3.68. The molecule has 1 atom stereocenters. The van der Waals surface area contributed by atoms with Crippen LogP contribution in [0.5, 0.6) is 5.75 Å². The van der Waals surface area contributed by atoms with Gasteiger partial charge in [0, 0.05) is 53.0 Å². The van der Waals surface area contributed by atoms with Crippen molar-refractivity contribution in [1.29, 1.82) is 0 Å². The van der Waals surface area contributed by atoms with E-state index in [1.807, 2.05) is 29.1 Å². The topological polar surface area (TPSA) is 63.5 Å². The molecule has 0 N–H and O–H groups in total. The summed E-state index contributed by atoms with van der Waals surface area (Å²) < 4.78 is 38.4. The number of ether oxygens (including phenoxy) is 1. The molecule has 3 aromatic heterocycles. The molecule has 0 saturated heterocycles. The number of hydrogen-bond acceptors (Lipinski definition) is 6. The Labute approximate surface area is 258 Å². The normalized spacial score (nSPS) is 16.6. The number of aromatic nitrogens is 3. The van der Waals surface area contributed by atoms with E-state index < -0.39 is 11.6 Å². The monoisotopic (exact) mass is 611 g/mol. The molecule has 0 bridgehead atoms. The number of benzene rings is 2. The highest BCUT2D eigenvalue weighted by atomic mass is 32.1. The zero-order valence-corrected chi connectivity index (χ0v) is 25.5. The maximum absolute atomic E-state index is 15.8. The van der Waals surface area contributed by atoms with Gasteiger partial charge in [0.05, 0.1) is 36.6 Å². The fraction of sp³-hybridized carbons (Fsp3) is 0.265. The van der Waals surface area contributed by atoms with Gasteiger partial charge < -0.3 is 14.5 Å². The number of halogens is 2. The van der Waals surface area contributed by atoms with Crippen LogP contribution in [0.1, 0.15) is 29.8 Å². The molecule has 44 heavy (non-hydrogen) atoms. The van der Waals surface area contributed by atoms with E-state index >= 15 is 4.39 Å². The summed E-state index contributed by atoms with van der Waals surface area (Å²) in [5, 5.41) is 7.80. The summed E-state index contributed by atoms with van der Waals surface area (Å²) in [6.07, 6.45) is 2.26. The number of fused-ring (bicyclic) bond motifs is 3. The standard InChI is InChI=1S/C34H31F2N5O2S/c1-5-29(42)40-16-19(2)41-24(18-40)15-27(38-41)33-31(30-26(36)13-23(35)14-28(30)43-4)34-25(9-11-44-34)32(37-33)21-6-7-22-17-39(3)10-8-20(22)12-21/h5-7,9,11-15,19H,1,8,10,16-18H2,2-4H3. The molecule has 0 spiro atoms. The van der Waals surface area contributed by atoms with Gasteiger partial charge in [-0.15, -0.1) is 11.3 Å². The molecular formula is C34H31F2N5O2S. The lowest BCUT2D eigenvalue weighted by molar-refractivity contribution is -0.127. The summed E-state index contributed by atoms with van der Waals surface area (Å²) in [4.78, 5) is 21.8. The molecule has 0 radical (unpaired) electrons. The van der Waals surface area contributed by atoms with Crippen LogP contribution in [0.4, 0.5) is 8.78 Å². The first-order valence-electron chi connectivity index (χ1n) is 14.5. The molecule has 2 aliphatic heterocycles. The Morgan fingerprint density at radius 2 is 1.93 bits per heavy atom. The second-order valence-corrected chi connectivity index (χ2v) is 12.4. The Balaban J connectivity index is 1.49. The first kappa shape index (κ1) is 28.4. The second kappa shape index (κ2) is 10.9. The lowest BCUT2D eigenvalue weighted by atomic mass is 9.93. The first-order chi connectivity index (χ1) is 21.2. The Morgan fingerprint density at radius 1 is 1.09 bits per heavy atom. The van der Waals surface area contributed by atoms with Gasteiger partial charge in [-0.05, 0) is 61.2 Å². The summed E-state index contributed by atoms with van der Waals surface area (Å²) >= 11 is 1.47. The molecule has 2 aliphatic rings. The van der Waals surface area contributed by atoms with Crippen LogP contribution in [-0.2, 0) is 24.3 Å². The SMILES string of the molecule is C=CC(=O)N1Cc2cc(-c3nc(-c4ccc5c(c4)CCN(C)C5)c4ccsc4c3-c3c(F)cc(F)cc3OC)nn2C(C)C1. The number of methoxy groups -OCH3 is 1. The lowest BCUT2D eigenvalue weighted by Crippen LogP contribution is -2.39. The van der Waals surface area contributed by atoms with E-state index in [0.29, 0.717) is 30.0 Å². The van der Waals surface area contributed by atoms with E-state index in [1.54, 1.807) is 4.90 Å². The van der Waals surface area contributed by atoms with Crippen molar-refractivity contribution in [1.82, 2.24) is 24.6 Å². The zero-order chi connectivity index (χ0) is 30.7. The Bertz CT molecular complexity index is 1970. The fourth-order valence-corrected chi connectivity index (χ4v) is 7.41. The maximum Gasteiger partial charge on any atom is 0.246 e. The number of carbonyl (C=O) groups is 1. The summed E-state index contributed by atoms with van der Waals surface area (Å²) in [5.74, 6) is -1.55. The molecule has 0 aliphatic carbocycles. The molecule has 1 unspecified atom stereocenters. The summed E-state index contributed by atoms with van der Waals surface area (Å²) in [6.45, 7) is 8.36. The molecule has 2 aromatic carbocycles. The van der Waals surface area contributed by atoms with Crippen LogP contribution in [0.25, 0.3) is 43.9 Å². The highest BCUT2D eigenvalue weighted by Crippen LogP contribution is 2.47. The highest BCUT2D eigenvalue weighted by Gasteiger charge is 2.30. The largest absolute Gasteiger partial charge is 0.496 e. The average molecular weight is 612 g/mol. The Morgan fingerprint density at radius 3 is 2.73 bits per heavy atom. The van der Waals surface area contributed by atoms with Crippen LogP contribution in [0.15, 0.2) is 60.5 Å². The minimum atomic E-state index is -0.745. The van der Waals surface area contributed by atoms with Gasteiger partial charge in [-0.2, -0.15) is 5.10 Å². The van der Waals surface area contributed by atoms with Gasteiger partial charge >= 0.3 is 0 Å². The Kier molecular flexibility index (Phi) is 7.05. The second-order valence-electron chi connectivity index (χ2n) is 11.5. The molecule has 7 rings (SSSR count). The quantitative estimate of drug-likeness (QED) is 0.203. The van der Waals surface area contributed by atoms with Crippen LogP contribution >= 0.6 is 11.3 Å². The third kappa shape index (κ3) is 4.69. The van der Waals surface area contributed by atoms with E-state index in [0.717, 1.165) is 52.6 Å². The van der Waals surface area contributed by atoms with Crippen LogP contribution in [0.2, 0.25) is 0 Å². The minimum Gasteiger partial charge on any atom is -0.496 e. The van der Waals surface area contributed by atoms with Crippen LogP contribution in [-0.4, -0.2) is 57.7 Å². The predicted octanol–water partition coefficient (Wildman–Crippen LogP) is 6.86. The molecule has 7 nitrogen and oxygen atoms in total. The number of carbonyl (C=O) groups excluding carboxylic acids is 1. The van der Waals surface area contributed by atoms with Crippen molar-refractivity contribution in [3.05, 3.63) is 89.0 Å².